The van der Waals surface area contributed by atoms with Crippen LogP contribution in [0.3, 0.4) is 0 Å². The Hall–Kier alpha value is -2.93. The molecule has 3 N–H and O–H groups in total. The molecule has 1 amide bonds. The maximum Gasteiger partial charge on any atom is 0.273 e. The van der Waals surface area contributed by atoms with Crippen LogP contribution in [0.4, 0.5) is 0 Å². The van der Waals surface area contributed by atoms with E-state index in [1.165, 1.54) is 6.26 Å². The second kappa shape index (κ2) is 8.25. The van der Waals surface area contributed by atoms with Gasteiger partial charge in [0.2, 0.25) is 5.89 Å². The minimum Gasteiger partial charge on any atom is -0.446 e. The molecular weight excluding hydrogens is 318 g/mol. The van der Waals surface area contributed by atoms with Crippen molar-refractivity contribution >= 4 is 5.91 Å². The number of imidazole rings is 1. The fraction of sp³-hybridized carbons (Fsp3) is 0.278. The molecule has 0 saturated carbocycles. The number of aryl methyl sites for hydroxylation is 1. The Kier molecular flexibility index (Phi) is 5.58. The number of rotatable bonds is 8. The van der Waals surface area contributed by atoms with Crippen molar-refractivity contribution in [1.82, 2.24) is 19.9 Å². The first-order chi connectivity index (χ1) is 12.2. The van der Waals surface area contributed by atoms with Gasteiger partial charge in [-0.15, -0.1) is 0 Å². The van der Waals surface area contributed by atoms with Crippen LogP contribution in [-0.2, 0) is 13.0 Å². The molecule has 0 radical (unpaired) electrons. The lowest BCUT2D eigenvalue weighted by atomic mass is 10.1. The summed E-state index contributed by atoms with van der Waals surface area (Å²) >= 11 is 0. The summed E-state index contributed by atoms with van der Waals surface area (Å²) in [7, 11) is 0. The van der Waals surface area contributed by atoms with Gasteiger partial charge in [0.05, 0.1) is 12.4 Å². The molecule has 0 aliphatic carbocycles. The van der Waals surface area contributed by atoms with E-state index in [0.29, 0.717) is 18.9 Å². The minimum absolute atomic E-state index is 0.251. The standard InChI is InChI=1S/C18H21N5O2/c19-15(11-14-5-2-1-3-6-14)18-22-16(12-25-18)17(24)21-7-4-9-23-10-8-20-13-23/h1-3,5-6,8,10,12-13,15H,4,7,9,11,19H2,(H,21,24). The van der Waals surface area contributed by atoms with Crippen molar-refractivity contribution in [2.24, 2.45) is 5.73 Å². The van der Waals surface area contributed by atoms with Crippen molar-refractivity contribution in [2.75, 3.05) is 6.54 Å². The molecule has 0 saturated heterocycles. The Morgan fingerprint density at radius 2 is 2.16 bits per heavy atom. The number of benzene rings is 1. The first kappa shape index (κ1) is 16.9. The molecule has 3 aromatic rings. The molecule has 2 heterocycles. The van der Waals surface area contributed by atoms with E-state index >= 15 is 0 Å². The van der Waals surface area contributed by atoms with E-state index in [0.717, 1.165) is 18.5 Å². The van der Waals surface area contributed by atoms with Crippen molar-refractivity contribution in [3.05, 3.63) is 72.5 Å². The Balaban J connectivity index is 1.47. The molecule has 1 unspecified atom stereocenters. The summed E-state index contributed by atoms with van der Waals surface area (Å²) in [6.07, 6.45) is 8.13. The molecule has 7 heteroatoms. The number of oxazole rings is 1. The van der Waals surface area contributed by atoms with Gasteiger partial charge in [-0.2, -0.15) is 0 Å². The quantitative estimate of drug-likeness (QED) is 0.611. The van der Waals surface area contributed by atoms with E-state index in [9.17, 15) is 4.79 Å². The van der Waals surface area contributed by atoms with Gasteiger partial charge >= 0.3 is 0 Å². The Morgan fingerprint density at radius 3 is 2.92 bits per heavy atom. The minimum atomic E-state index is -0.384. The van der Waals surface area contributed by atoms with Crippen molar-refractivity contribution in [3.63, 3.8) is 0 Å². The number of nitrogens with one attached hydrogen (secondary N) is 1. The van der Waals surface area contributed by atoms with E-state index < -0.39 is 0 Å². The summed E-state index contributed by atoms with van der Waals surface area (Å²) in [6.45, 7) is 1.35. The van der Waals surface area contributed by atoms with E-state index in [4.69, 9.17) is 10.2 Å². The topological polar surface area (TPSA) is 99.0 Å². The second-order valence-corrected chi connectivity index (χ2v) is 5.78. The third-order valence-corrected chi connectivity index (χ3v) is 3.81. The van der Waals surface area contributed by atoms with Crippen LogP contribution in [0.15, 0.2) is 59.7 Å². The molecule has 25 heavy (non-hydrogen) atoms. The van der Waals surface area contributed by atoms with Gasteiger partial charge in [-0.1, -0.05) is 30.3 Å². The highest BCUT2D eigenvalue weighted by atomic mass is 16.3. The van der Waals surface area contributed by atoms with Crippen LogP contribution in [0, 0.1) is 0 Å². The van der Waals surface area contributed by atoms with Crippen LogP contribution in [-0.4, -0.2) is 27.0 Å². The van der Waals surface area contributed by atoms with Crippen molar-refractivity contribution < 1.29 is 9.21 Å². The third-order valence-electron chi connectivity index (χ3n) is 3.81. The highest BCUT2D eigenvalue weighted by Gasteiger charge is 2.17. The van der Waals surface area contributed by atoms with Gasteiger partial charge in [-0.3, -0.25) is 4.79 Å². The fourth-order valence-corrected chi connectivity index (χ4v) is 2.49. The molecule has 7 nitrogen and oxygen atoms in total. The van der Waals surface area contributed by atoms with Gasteiger partial charge in [0, 0.05) is 25.5 Å². The van der Waals surface area contributed by atoms with Gasteiger partial charge in [0.15, 0.2) is 5.69 Å². The molecule has 0 bridgehead atoms. The number of hydrogen-bond acceptors (Lipinski definition) is 5. The average Bonchev–Trinajstić information content (AvgIpc) is 3.31. The summed E-state index contributed by atoms with van der Waals surface area (Å²) < 4.78 is 7.34. The molecule has 0 spiro atoms. The van der Waals surface area contributed by atoms with Crippen LogP contribution in [0.2, 0.25) is 0 Å². The maximum atomic E-state index is 12.1. The number of nitrogens with two attached hydrogens (primary N) is 1. The van der Waals surface area contributed by atoms with Crippen molar-refractivity contribution in [2.45, 2.75) is 25.4 Å². The Labute approximate surface area is 145 Å². The predicted octanol–water partition coefficient (Wildman–Crippen LogP) is 1.93. The molecule has 0 aliphatic heterocycles. The lowest BCUT2D eigenvalue weighted by Gasteiger charge is -2.07. The van der Waals surface area contributed by atoms with Crippen LogP contribution in [0.25, 0.3) is 0 Å². The lowest BCUT2D eigenvalue weighted by molar-refractivity contribution is 0.0947. The molecular formula is C18H21N5O2. The first-order valence-electron chi connectivity index (χ1n) is 8.21. The lowest BCUT2D eigenvalue weighted by Crippen LogP contribution is -2.25. The zero-order chi connectivity index (χ0) is 17.5. The Bertz CT molecular complexity index is 783. The van der Waals surface area contributed by atoms with E-state index in [1.54, 1.807) is 12.5 Å². The van der Waals surface area contributed by atoms with Gasteiger partial charge < -0.3 is 20.0 Å². The number of hydrogen-bond donors (Lipinski definition) is 2. The number of amides is 1. The predicted molar refractivity (Wildman–Crippen MR) is 92.8 cm³/mol. The molecule has 2 aromatic heterocycles. The smallest absolute Gasteiger partial charge is 0.273 e. The fourth-order valence-electron chi connectivity index (χ4n) is 2.49. The Morgan fingerprint density at radius 1 is 1.32 bits per heavy atom. The van der Waals surface area contributed by atoms with E-state index in [-0.39, 0.29) is 17.6 Å². The molecule has 0 aliphatic rings. The highest BCUT2D eigenvalue weighted by molar-refractivity contribution is 5.91. The van der Waals surface area contributed by atoms with Crippen LogP contribution >= 0.6 is 0 Å². The summed E-state index contributed by atoms with van der Waals surface area (Å²) in [6, 6.07) is 9.48. The van der Waals surface area contributed by atoms with Crippen LogP contribution in [0.5, 0.6) is 0 Å². The number of nitrogens with zero attached hydrogens (tertiary/aromatic N) is 3. The van der Waals surface area contributed by atoms with Gasteiger partial charge in [-0.25, -0.2) is 9.97 Å². The molecule has 0 fully saturated rings. The van der Waals surface area contributed by atoms with E-state index in [2.05, 4.69) is 15.3 Å². The van der Waals surface area contributed by atoms with Gasteiger partial charge in [0.25, 0.3) is 5.91 Å². The van der Waals surface area contributed by atoms with Crippen molar-refractivity contribution in [1.29, 1.82) is 0 Å². The summed E-state index contributed by atoms with van der Waals surface area (Å²) in [4.78, 5) is 20.3. The molecule has 130 valence electrons. The van der Waals surface area contributed by atoms with Crippen molar-refractivity contribution in [3.8, 4) is 0 Å². The summed E-state index contributed by atoms with van der Waals surface area (Å²) in [5.41, 5.74) is 7.47. The number of aromatic nitrogens is 3. The highest BCUT2D eigenvalue weighted by Crippen LogP contribution is 2.15. The monoisotopic (exact) mass is 339 g/mol. The second-order valence-electron chi connectivity index (χ2n) is 5.78. The van der Waals surface area contributed by atoms with Gasteiger partial charge in [-0.05, 0) is 18.4 Å². The summed E-state index contributed by atoms with van der Waals surface area (Å²) in [5.74, 6) is 0.111. The van der Waals surface area contributed by atoms with Crippen LogP contribution < -0.4 is 11.1 Å². The average molecular weight is 339 g/mol. The molecule has 1 atom stereocenters. The zero-order valence-electron chi connectivity index (χ0n) is 13.8. The normalized spacial score (nSPS) is 12.0. The summed E-state index contributed by atoms with van der Waals surface area (Å²) in [5, 5.41) is 2.83. The maximum absolute atomic E-state index is 12.1. The zero-order valence-corrected chi connectivity index (χ0v) is 13.8. The first-order valence-corrected chi connectivity index (χ1v) is 8.21. The SMILES string of the molecule is NC(Cc1ccccc1)c1nc(C(=O)NCCCn2ccnc2)co1. The number of carbonyl (C=O) groups is 1. The number of carbonyl (C=O) groups excluding carboxylic acids is 1. The van der Waals surface area contributed by atoms with Crippen LogP contribution in [0.1, 0.15) is 34.4 Å². The largest absolute Gasteiger partial charge is 0.446 e. The molecule has 1 aromatic carbocycles. The third kappa shape index (κ3) is 4.77. The van der Waals surface area contributed by atoms with Gasteiger partial charge in [0.1, 0.15) is 6.26 Å². The van der Waals surface area contributed by atoms with E-state index in [1.807, 2.05) is 41.1 Å². The molecule has 3 rings (SSSR count).